The Morgan fingerprint density at radius 1 is 1.45 bits per heavy atom. The highest BCUT2D eigenvalue weighted by molar-refractivity contribution is 5.92. The van der Waals surface area contributed by atoms with Crippen molar-refractivity contribution in [1.82, 2.24) is 15.0 Å². The molecule has 1 amide bonds. The Balaban J connectivity index is 1.65. The summed E-state index contributed by atoms with van der Waals surface area (Å²) in [5.41, 5.74) is 2.84. The lowest BCUT2D eigenvalue weighted by Gasteiger charge is -2.20. The molecule has 0 saturated carbocycles. The molecule has 0 radical (unpaired) electrons. The van der Waals surface area contributed by atoms with Gasteiger partial charge in [-0.25, -0.2) is 9.97 Å². The fourth-order valence-electron chi connectivity index (χ4n) is 2.44. The van der Waals surface area contributed by atoms with Crippen molar-refractivity contribution in [2.75, 3.05) is 12.4 Å². The van der Waals surface area contributed by atoms with E-state index in [2.05, 4.69) is 20.3 Å². The van der Waals surface area contributed by atoms with Gasteiger partial charge in [0, 0.05) is 24.1 Å². The molecule has 0 aromatic carbocycles. The van der Waals surface area contributed by atoms with E-state index in [0.717, 1.165) is 24.2 Å². The normalized spacial score (nSPS) is 17.4. The Hall–Kier alpha value is -2.37. The number of ether oxygens (including phenoxy) is 1. The summed E-state index contributed by atoms with van der Waals surface area (Å²) < 4.78 is 4.99. The van der Waals surface area contributed by atoms with Crippen LogP contribution in [-0.2, 0) is 17.6 Å². The molecular weight excluding hydrogens is 256 g/mol. The van der Waals surface area contributed by atoms with Crippen molar-refractivity contribution in [3.05, 3.63) is 36.0 Å². The zero-order valence-electron chi connectivity index (χ0n) is 11.2. The number of fused-ring (bicyclic) bond motifs is 1. The minimum Gasteiger partial charge on any atom is -0.481 e. The van der Waals surface area contributed by atoms with Gasteiger partial charge in [-0.15, -0.1) is 0 Å². The van der Waals surface area contributed by atoms with Gasteiger partial charge in [-0.2, -0.15) is 0 Å². The molecule has 2 heterocycles. The second-order valence-corrected chi connectivity index (χ2v) is 4.85. The van der Waals surface area contributed by atoms with Gasteiger partial charge in [0.2, 0.25) is 11.8 Å². The fraction of sp³-hybridized carbons (Fsp3) is 0.357. The molecule has 1 aliphatic carbocycles. The van der Waals surface area contributed by atoms with Crippen LogP contribution < -0.4 is 10.1 Å². The molecule has 3 rings (SSSR count). The zero-order chi connectivity index (χ0) is 13.9. The molecule has 1 atom stereocenters. The van der Waals surface area contributed by atoms with E-state index < -0.39 is 0 Å². The van der Waals surface area contributed by atoms with Crippen molar-refractivity contribution >= 4 is 11.6 Å². The number of hydrogen-bond donors (Lipinski definition) is 2. The Morgan fingerprint density at radius 3 is 3.10 bits per heavy atom. The van der Waals surface area contributed by atoms with Crippen LogP contribution in [0.4, 0.5) is 5.69 Å². The van der Waals surface area contributed by atoms with Crippen LogP contribution in [0.3, 0.4) is 0 Å². The molecule has 2 aromatic rings. The molecule has 20 heavy (non-hydrogen) atoms. The molecule has 104 valence electrons. The van der Waals surface area contributed by atoms with Crippen molar-refractivity contribution < 1.29 is 9.53 Å². The first-order chi connectivity index (χ1) is 9.76. The number of pyridine rings is 1. The van der Waals surface area contributed by atoms with E-state index in [1.54, 1.807) is 31.8 Å². The fourth-order valence-corrected chi connectivity index (χ4v) is 2.44. The zero-order valence-corrected chi connectivity index (χ0v) is 11.2. The number of rotatable bonds is 3. The topological polar surface area (TPSA) is 79.9 Å². The number of nitrogens with one attached hydrogen (secondary N) is 2. The molecule has 0 unspecified atom stereocenters. The summed E-state index contributed by atoms with van der Waals surface area (Å²) in [5.74, 6) is 0.532. The van der Waals surface area contributed by atoms with Crippen LogP contribution in [0.2, 0.25) is 0 Å². The van der Waals surface area contributed by atoms with Gasteiger partial charge in [-0.3, -0.25) is 4.79 Å². The van der Waals surface area contributed by atoms with Crippen LogP contribution in [0.25, 0.3) is 0 Å². The molecule has 0 bridgehead atoms. The molecular formula is C14H16N4O2. The van der Waals surface area contributed by atoms with Crippen molar-refractivity contribution in [3.63, 3.8) is 0 Å². The number of nitrogens with zero attached hydrogens (tertiary/aromatic N) is 2. The number of amides is 1. The average Bonchev–Trinajstić information content (AvgIpc) is 2.95. The average molecular weight is 272 g/mol. The number of aromatic nitrogens is 3. The van der Waals surface area contributed by atoms with Crippen molar-refractivity contribution in [2.45, 2.75) is 19.3 Å². The van der Waals surface area contributed by atoms with E-state index in [0.29, 0.717) is 18.0 Å². The summed E-state index contributed by atoms with van der Waals surface area (Å²) in [7, 11) is 1.56. The molecule has 0 aliphatic heterocycles. The van der Waals surface area contributed by atoms with Gasteiger partial charge in [0.05, 0.1) is 31.0 Å². The first-order valence-corrected chi connectivity index (χ1v) is 6.58. The Labute approximate surface area is 116 Å². The lowest BCUT2D eigenvalue weighted by Crippen LogP contribution is -2.28. The van der Waals surface area contributed by atoms with E-state index in [1.807, 2.05) is 0 Å². The third kappa shape index (κ3) is 2.49. The summed E-state index contributed by atoms with van der Waals surface area (Å²) in [6.45, 7) is 0. The number of methoxy groups -OCH3 is 1. The number of aryl methyl sites for hydroxylation is 1. The number of aromatic amines is 1. The standard InChI is InChI=1S/C14H16N4O2/c1-20-13-5-3-10(7-15-13)18-14(19)9-2-4-11-12(6-9)17-8-16-11/h3,5,7-9H,2,4,6H2,1H3,(H,16,17)(H,18,19)/t9-/m0/s1. The predicted octanol–water partition coefficient (Wildman–Crippen LogP) is 1.56. The van der Waals surface area contributed by atoms with Gasteiger partial charge < -0.3 is 15.0 Å². The van der Waals surface area contributed by atoms with Gasteiger partial charge in [-0.05, 0) is 18.9 Å². The van der Waals surface area contributed by atoms with Crippen molar-refractivity contribution in [1.29, 1.82) is 0 Å². The van der Waals surface area contributed by atoms with Crippen LogP contribution in [0.1, 0.15) is 17.8 Å². The molecule has 0 spiro atoms. The molecule has 0 saturated heterocycles. The van der Waals surface area contributed by atoms with Crippen molar-refractivity contribution in [3.8, 4) is 5.88 Å². The van der Waals surface area contributed by atoms with Gasteiger partial charge in [0.1, 0.15) is 0 Å². The summed E-state index contributed by atoms with van der Waals surface area (Å²) in [6, 6.07) is 3.51. The molecule has 1 aliphatic rings. The Kier molecular flexibility index (Phi) is 3.37. The number of carbonyl (C=O) groups is 1. The number of hydrogen-bond acceptors (Lipinski definition) is 4. The van der Waals surface area contributed by atoms with Crippen LogP contribution in [0.5, 0.6) is 5.88 Å². The highest BCUT2D eigenvalue weighted by Gasteiger charge is 2.26. The maximum atomic E-state index is 12.2. The van der Waals surface area contributed by atoms with E-state index in [1.165, 1.54) is 0 Å². The summed E-state index contributed by atoms with van der Waals surface area (Å²) in [4.78, 5) is 23.7. The summed E-state index contributed by atoms with van der Waals surface area (Å²) in [6.07, 6.45) is 5.68. The van der Waals surface area contributed by atoms with E-state index in [-0.39, 0.29) is 11.8 Å². The highest BCUT2D eigenvalue weighted by Crippen LogP contribution is 2.24. The maximum Gasteiger partial charge on any atom is 0.227 e. The van der Waals surface area contributed by atoms with Crippen LogP contribution in [0.15, 0.2) is 24.7 Å². The molecule has 0 fully saturated rings. The van der Waals surface area contributed by atoms with E-state index in [9.17, 15) is 4.79 Å². The lowest BCUT2D eigenvalue weighted by atomic mass is 9.89. The van der Waals surface area contributed by atoms with E-state index in [4.69, 9.17) is 4.74 Å². The summed E-state index contributed by atoms with van der Waals surface area (Å²) in [5, 5.41) is 2.89. The molecule has 2 aromatic heterocycles. The van der Waals surface area contributed by atoms with Gasteiger partial charge in [-0.1, -0.05) is 0 Å². The Morgan fingerprint density at radius 2 is 2.35 bits per heavy atom. The quantitative estimate of drug-likeness (QED) is 0.888. The highest BCUT2D eigenvalue weighted by atomic mass is 16.5. The first kappa shape index (κ1) is 12.7. The first-order valence-electron chi connectivity index (χ1n) is 6.58. The number of H-pyrrole nitrogens is 1. The molecule has 2 N–H and O–H groups in total. The molecule has 6 heteroatoms. The third-order valence-corrected chi connectivity index (χ3v) is 3.57. The number of anilines is 1. The predicted molar refractivity (Wildman–Crippen MR) is 73.5 cm³/mol. The molecule has 6 nitrogen and oxygen atoms in total. The minimum atomic E-state index is -0.0231. The largest absolute Gasteiger partial charge is 0.481 e. The van der Waals surface area contributed by atoms with E-state index >= 15 is 0 Å². The van der Waals surface area contributed by atoms with Crippen LogP contribution in [0, 0.1) is 5.92 Å². The van der Waals surface area contributed by atoms with Gasteiger partial charge in [0.15, 0.2) is 0 Å². The third-order valence-electron chi connectivity index (χ3n) is 3.57. The van der Waals surface area contributed by atoms with Gasteiger partial charge >= 0.3 is 0 Å². The van der Waals surface area contributed by atoms with Crippen LogP contribution in [-0.4, -0.2) is 28.0 Å². The Bertz CT molecular complexity index is 606. The van der Waals surface area contributed by atoms with Gasteiger partial charge in [0.25, 0.3) is 0 Å². The SMILES string of the molecule is COc1ccc(NC(=O)[C@H]2CCc3nc[nH]c3C2)cn1. The second-order valence-electron chi connectivity index (χ2n) is 4.85. The lowest BCUT2D eigenvalue weighted by molar-refractivity contribution is -0.120. The number of imidazole rings is 1. The minimum absolute atomic E-state index is 0.0231. The second kappa shape index (κ2) is 5.32. The summed E-state index contributed by atoms with van der Waals surface area (Å²) >= 11 is 0. The maximum absolute atomic E-state index is 12.2. The van der Waals surface area contributed by atoms with Crippen LogP contribution >= 0.6 is 0 Å². The smallest absolute Gasteiger partial charge is 0.227 e. The monoisotopic (exact) mass is 272 g/mol. The van der Waals surface area contributed by atoms with Crippen molar-refractivity contribution in [2.24, 2.45) is 5.92 Å². The number of carbonyl (C=O) groups excluding carboxylic acids is 1.